The Kier molecular flexibility index (Phi) is 7.92. The van der Waals surface area contributed by atoms with Gasteiger partial charge in [-0.3, -0.25) is 9.69 Å². The first kappa shape index (κ1) is 26.1. The monoisotopic (exact) mass is 544 g/mol. The third-order valence-electron chi connectivity index (χ3n) is 5.89. The standard InChI is InChI=1S/C26H22ClFN2O4S2/c1-3-14(2)22(25(32)33)30-24(31)21(36-26(30)35)12-17-10-16-11-19(7-8-20(16)29-23(17)27)34-13-15-5-4-6-18(28)9-15/h4-12,14,22H,3,13H2,1-2H3,(H,32,33)/b21-12-/t14?,22-/m0/s1. The lowest BCUT2D eigenvalue weighted by molar-refractivity contribution is -0.147. The number of benzene rings is 2. The minimum absolute atomic E-state index is 0.192. The molecule has 2 heterocycles. The Morgan fingerprint density at radius 3 is 2.78 bits per heavy atom. The summed E-state index contributed by atoms with van der Waals surface area (Å²) in [5.41, 5.74) is 1.82. The van der Waals surface area contributed by atoms with E-state index in [0.29, 0.717) is 28.8 Å². The number of carboxylic acid groups (broad SMARTS) is 1. The van der Waals surface area contributed by atoms with Gasteiger partial charge in [-0.25, -0.2) is 14.2 Å². The van der Waals surface area contributed by atoms with Crippen molar-refractivity contribution in [3.63, 3.8) is 0 Å². The fraction of sp³-hybridized carbons (Fsp3) is 0.231. The van der Waals surface area contributed by atoms with Gasteiger partial charge in [0.05, 0.1) is 10.4 Å². The zero-order valence-corrected chi connectivity index (χ0v) is 21.8. The van der Waals surface area contributed by atoms with Crippen LogP contribution in [-0.4, -0.2) is 37.2 Å². The number of carboxylic acids is 1. The molecule has 2 atom stereocenters. The molecule has 0 radical (unpaired) electrons. The molecule has 0 spiro atoms. The van der Waals surface area contributed by atoms with Crippen LogP contribution < -0.4 is 4.74 Å². The largest absolute Gasteiger partial charge is 0.489 e. The summed E-state index contributed by atoms with van der Waals surface area (Å²) in [6.45, 7) is 3.84. The van der Waals surface area contributed by atoms with Gasteiger partial charge in [0.25, 0.3) is 5.91 Å². The number of halogens is 2. The molecule has 1 aliphatic heterocycles. The molecular weight excluding hydrogens is 523 g/mol. The van der Waals surface area contributed by atoms with Crippen LogP contribution in [0.3, 0.4) is 0 Å². The van der Waals surface area contributed by atoms with E-state index in [9.17, 15) is 19.1 Å². The summed E-state index contributed by atoms with van der Waals surface area (Å²) >= 11 is 12.8. The number of hydrogen-bond donors (Lipinski definition) is 1. The molecule has 4 rings (SSSR count). The maximum absolute atomic E-state index is 13.4. The van der Waals surface area contributed by atoms with Gasteiger partial charge in [-0.15, -0.1) is 0 Å². The first-order valence-corrected chi connectivity index (χ1v) is 12.8. The number of ether oxygens (including phenoxy) is 1. The van der Waals surface area contributed by atoms with Crippen LogP contribution in [-0.2, 0) is 16.2 Å². The van der Waals surface area contributed by atoms with Crippen LogP contribution in [0.2, 0.25) is 5.15 Å². The van der Waals surface area contributed by atoms with E-state index < -0.39 is 17.9 Å². The number of thioether (sulfide) groups is 1. The highest BCUT2D eigenvalue weighted by atomic mass is 35.5. The van der Waals surface area contributed by atoms with E-state index >= 15 is 0 Å². The number of aromatic nitrogens is 1. The van der Waals surface area contributed by atoms with Gasteiger partial charge in [0.15, 0.2) is 0 Å². The predicted octanol–water partition coefficient (Wildman–Crippen LogP) is 6.31. The molecule has 0 bridgehead atoms. The maximum atomic E-state index is 13.4. The van der Waals surface area contributed by atoms with Crippen molar-refractivity contribution in [2.24, 2.45) is 5.92 Å². The SMILES string of the molecule is CCC(C)[C@@H](C(=O)O)N1C(=O)/C(=C/c2cc3cc(OCc4cccc(F)c4)ccc3nc2Cl)SC1=S. The summed E-state index contributed by atoms with van der Waals surface area (Å²) < 4.78 is 19.4. The van der Waals surface area contributed by atoms with Gasteiger partial charge in [-0.1, -0.05) is 68.0 Å². The van der Waals surface area contributed by atoms with E-state index in [1.54, 1.807) is 49.4 Å². The lowest BCUT2D eigenvalue weighted by Gasteiger charge is -2.27. The Morgan fingerprint density at radius 1 is 1.31 bits per heavy atom. The van der Waals surface area contributed by atoms with E-state index in [2.05, 4.69) is 4.98 Å². The van der Waals surface area contributed by atoms with Crippen molar-refractivity contribution in [2.75, 3.05) is 0 Å². The number of fused-ring (bicyclic) bond motifs is 1. The quantitative estimate of drug-likeness (QED) is 0.202. The summed E-state index contributed by atoms with van der Waals surface area (Å²) in [5.74, 6) is -1.62. The van der Waals surface area contributed by atoms with Crippen molar-refractivity contribution in [2.45, 2.75) is 32.9 Å². The van der Waals surface area contributed by atoms with E-state index in [0.717, 1.165) is 17.1 Å². The normalized spacial score (nSPS) is 16.6. The minimum atomic E-state index is -1.10. The molecule has 1 fully saturated rings. The van der Waals surface area contributed by atoms with Crippen LogP contribution in [0.4, 0.5) is 4.39 Å². The van der Waals surface area contributed by atoms with Gasteiger partial charge in [0.1, 0.15) is 33.7 Å². The predicted molar refractivity (Wildman–Crippen MR) is 143 cm³/mol. The number of rotatable bonds is 8. The number of aliphatic carboxylic acids is 1. The average molecular weight is 545 g/mol. The van der Waals surface area contributed by atoms with Crippen molar-refractivity contribution in [1.82, 2.24) is 9.88 Å². The Morgan fingerprint density at radius 2 is 2.08 bits per heavy atom. The van der Waals surface area contributed by atoms with Crippen molar-refractivity contribution in [3.8, 4) is 5.75 Å². The number of amides is 1. The summed E-state index contributed by atoms with van der Waals surface area (Å²) in [6.07, 6.45) is 2.15. The molecule has 186 valence electrons. The van der Waals surface area contributed by atoms with Crippen LogP contribution in [0.15, 0.2) is 53.4 Å². The van der Waals surface area contributed by atoms with Crippen molar-refractivity contribution < 1.29 is 23.8 Å². The number of nitrogens with zero attached hydrogens (tertiary/aromatic N) is 2. The van der Waals surface area contributed by atoms with Crippen molar-refractivity contribution >= 4 is 68.8 Å². The van der Waals surface area contributed by atoms with Gasteiger partial charge in [-0.05, 0) is 54.0 Å². The molecule has 36 heavy (non-hydrogen) atoms. The van der Waals surface area contributed by atoms with E-state index in [1.807, 2.05) is 6.92 Å². The number of thiocarbonyl (C=S) groups is 1. The fourth-order valence-electron chi connectivity index (χ4n) is 3.82. The molecule has 1 aromatic heterocycles. The van der Waals surface area contributed by atoms with Gasteiger partial charge >= 0.3 is 5.97 Å². The Hall–Kier alpha value is -3.01. The van der Waals surface area contributed by atoms with Crippen LogP contribution >= 0.6 is 35.6 Å². The minimum Gasteiger partial charge on any atom is -0.489 e. The average Bonchev–Trinajstić information content (AvgIpc) is 3.11. The smallest absolute Gasteiger partial charge is 0.327 e. The van der Waals surface area contributed by atoms with E-state index in [-0.39, 0.29) is 32.7 Å². The molecule has 1 unspecified atom stereocenters. The van der Waals surface area contributed by atoms with Gasteiger partial charge in [-0.2, -0.15) is 0 Å². The lowest BCUT2D eigenvalue weighted by Crippen LogP contribution is -2.47. The Labute approximate surface area is 222 Å². The third-order valence-corrected chi connectivity index (χ3v) is 7.52. The maximum Gasteiger partial charge on any atom is 0.327 e. The van der Waals surface area contributed by atoms with Crippen LogP contribution in [0.5, 0.6) is 5.75 Å². The molecule has 3 aromatic rings. The molecule has 1 N–H and O–H groups in total. The highest BCUT2D eigenvalue weighted by Crippen LogP contribution is 2.37. The number of pyridine rings is 1. The number of hydrogen-bond acceptors (Lipinski definition) is 6. The molecule has 10 heteroatoms. The number of carbonyl (C=O) groups is 2. The fourth-order valence-corrected chi connectivity index (χ4v) is 5.34. The molecule has 0 aliphatic carbocycles. The highest BCUT2D eigenvalue weighted by molar-refractivity contribution is 8.26. The summed E-state index contributed by atoms with van der Waals surface area (Å²) in [6, 6.07) is 12.2. The topological polar surface area (TPSA) is 79.7 Å². The van der Waals surface area contributed by atoms with E-state index in [1.165, 1.54) is 17.0 Å². The summed E-state index contributed by atoms with van der Waals surface area (Å²) in [5, 5.41) is 10.6. The van der Waals surface area contributed by atoms with E-state index in [4.69, 9.17) is 28.6 Å². The second-order valence-electron chi connectivity index (χ2n) is 8.36. The molecule has 1 amide bonds. The van der Waals surface area contributed by atoms with Crippen molar-refractivity contribution in [3.05, 3.63) is 75.5 Å². The molecule has 0 saturated carbocycles. The Balaban J connectivity index is 1.61. The molecule has 2 aromatic carbocycles. The zero-order valence-electron chi connectivity index (χ0n) is 19.4. The van der Waals surface area contributed by atoms with Gasteiger partial charge in [0, 0.05) is 10.9 Å². The van der Waals surface area contributed by atoms with Gasteiger partial charge < -0.3 is 9.84 Å². The molecule has 6 nitrogen and oxygen atoms in total. The summed E-state index contributed by atoms with van der Waals surface area (Å²) in [4.78, 5) is 30.9. The lowest BCUT2D eigenvalue weighted by atomic mass is 9.98. The van der Waals surface area contributed by atoms with Crippen LogP contribution in [0.25, 0.3) is 17.0 Å². The first-order valence-electron chi connectivity index (χ1n) is 11.1. The zero-order chi connectivity index (χ0) is 26.0. The molecule has 1 aliphatic rings. The van der Waals surface area contributed by atoms with Gasteiger partial charge in [0.2, 0.25) is 0 Å². The second-order valence-corrected chi connectivity index (χ2v) is 10.4. The third kappa shape index (κ3) is 5.53. The van der Waals surface area contributed by atoms with Crippen LogP contribution in [0.1, 0.15) is 31.4 Å². The first-order chi connectivity index (χ1) is 17.2. The van der Waals surface area contributed by atoms with Crippen molar-refractivity contribution in [1.29, 1.82) is 0 Å². The second kappa shape index (κ2) is 10.9. The molecule has 1 saturated heterocycles. The Bertz CT molecular complexity index is 1400. The highest BCUT2D eigenvalue weighted by Gasteiger charge is 2.42. The summed E-state index contributed by atoms with van der Waals surface area (Å²) in [7, 11) is 0. The molecular formula is C26H22ClFN2O4S2. The number of carbonyl (C=O) groups excluding carboxylic acids is 1. The van der Waals surface area contributed by atoms with Crippen LogP contribution in [0, 0.1) is 11.7 Å².